The van der Waals surface area contributed by atoms with Crippen molar-refractivity contribution in [3.05, 3.63) is 47.5 Å². The number of carbonyl (C=O) groups excluding carboxylic acids is 1. The van der Waals surface area contributed by atoms with Gasteiger partial charge >= 0.3 is 0 Å². The molecule has 3 rings (SSSR count). The van der Waals surface area contributed by atoms with Gasteiger partial charge in [0.1, 0.15) is 5.69 Å². The molecular formula is C25H35N5O2. The van der Waals surface area contributed by atoms with E-state index in [1.807, 2.05) is 35.0 Å². The Bertz CT molecular complexity index is 1040. The van der Waals surface area contributed by atoms with Crippen LogP contribution in [-0.4, -0.2) is 32.4 Å². The molecule has 7 nitrogen and oxygen atoms in total. The lowest BCUT2D eigenvalue weighted by Crippen LogP contribution is -2.29. The molecule has 0 spiro atoms. The number of carbonyl (C=O) groups is 1. The van der Waals surface area contributed by atoms with E-state index in [-0.39, 0.29) is 11.3 Å². The second kappa shape index (κ2) is 10.1. The van der Waals surface area contributed by atoms with Crippen molar-refractivity contribution in [1.29, 1.82) is 0 Å². The second-order valence-corrected chi connectivity index (χ2v) is 9.38. The molecule has 0 fully saturated rings. The smallest absolute Gasteiger partial charge is 0.268 e. The van der Waals surface area contributed by atoms with Crippen LogP contribution in [0.15, 0.2) is 34.7 Å². The molecule has 0 unspecified atom stereocenters. The first-order chi connectivity index (χ1) is 15.2. The Balaban J connectivity index is 1.87. The molecule has 1 aromatic carbocycles. The molecular weight excluding hydrogens is 402 g/mol. The number of rotatable bonds is 9. The molecule has 1 amide bonds. The Hall–Kier alpha value is -2.96. The van der Waals surface area contributed by atoms with Gasteiger partial charge in [0, 0.05) is 24.4 Å². The first-order valence-corrected chi connectivity index (χ1v) is 11.5. The normalized spacial score (nSPS) is 12.7. The minimum Gasteiger partial charge on any atom is -0.420 e. The van der Waals surface area contributed by atoms with E-state index in [2.05, 4.69) is 50.1 Å². The first-order valence-electron chi connectivity index (χ1n) is 11.5. The Morgan fingerprint density at radius 2 is 1.97 bits per heavy atom. The average molecular weight is 438 g/mol. The van der Waals surface area contributed by atoms with Gasteiger partial charge in [-0.3, -0.25) is 4.79 Å². The summed E-state index contributed by atoms with van der Waals surface area (Å²) in [6.07, 6.45) is 4.59. The summed E-state index contributed by atoms with van der Waals surface area (Å²) in [6.45, 7) is 13.2. The van der Waals surface area contributed by atoms with Crippen LogP contribution in [0.1, 0.15) is 82.2 Å². The Labute approximate surface area is 190 Å². The number of hydrogen-bond donors (Lipinski definition) is 1. The molecule has 7 heteroatoms. The van der Waals surface area contributed by atoms with Gasteiger partial charge in [0.05, 0.1) is 11.4 Å². The zero-order valence-electron chi connectivity index (χ0n) is 20.1. The van der Waals surface area contributed by atoms with Gasteiger partial charge in [-0.2, -0.15) is 5.10 Å². The van der Waals surface area contributed by atoms with Crippen molar-refractivity contribution in [1.82, 2.24) is 25.3 Å². The number of hydrogen-bond acceptors (Lipinski definition) is 5. The third-order valence-electron chi connectivity index (χ3n) is 5.67. The molecule has 0 radical (unpaired) electrons. The van der Waals surface area contributed by atoms with Crippen LogP contribution >= 0.6 is 0 Å². The van der Waals surface area contributed by atoms with Crippen molar-refractivity contribution in [2.24, 2.45) is 5.92 Å². The Morgan fingerprint density at radius 3 is 2.59 bits per heavy atom. The van der Waals surface area contributed by atoms with Gasteiger partial charge < -0.3 is 9.73 Å². The van der Waals surface area contributed by atoms with Crippen molar-refractivity contribution in [2.45, 2.75) is 72.6 Å². The Kier molecular flexibility index (Phi) is 7.48. The second-order valence-electron chi connectivity index (χ2n) is 9.38. The number of aromatic nitrogens is 4. The van der Waals surface area contributed by atoms with Crippen molar-refractivity contribution in [3.63, 3.8) is 0 Å². The predicted octanol–water partition coefficient (Wildman–Crippen LogP) is 5.47. The molecule has 0 bridgehead atoms. The maximum absolute atomic E-state index is 12.9. The molecule has 0 saturated heterocycles. The number of nitrogens with one attached hydrogen (secondary N) is 1. The topological polar surface area (TPSA) is 85.8 Å². The van der Waals surface area contributed by atoms with Crippen LogP contribution in [0.4, 0.5) is 0 Å². The number of amides is 1. The highest BCUT2D eigenvalue weighted by atomic mass is 16.4. The first kappa shape index (κ1) is 23.7. The molecule has 0 saturated carbocycles. The summed E-state index contributed by atoms with van der Waals surface area (Å²) in [4.78, 5) is 12.9. The lowest BCUT2D eigenvalue weighted by atomic mass is 9.91. The summed E-state index contributed by atoms with van der Waals surface area (Å²) < 4.78 is 7.44. The number of unbranched alkanes of at least 4 members (excludes halogenated alkanes) is 1. The Morgan fingerprint density at radius 1 is 1.19 bits per heavy atom. The minimum absolute atomic E-state index is 0.0565. The largest absolute Gasteiger partial charge is 0.420 e. The van der Waals surface area contributed by atoms with Gasteiger partial charge in [-0.05, 0) is 36.6 Å². The van der Waals surface area contributed by atoms with Crippen LogP contribution in [0.3, 0.4) is 0 Å². The third-order valence-corrected chi connectivity index (χ3v) is 5.67. The van der Waals surface area contributed by atoms with Gasteiger partial charge in [-0.15, -0.1) is 10.2 Å². The van der Waals surface area contributed by atoms with Crippen molar-refractivity contribution < 1.29 is 9.21 Å². The SMILES string of the molecule is CCCC[C@@H](CC)CNC(=O)c1cccc(-n2nc(-c3nnc(C)o3)cc2C(C)(C)C)c1. The van der Waals surface area contributed by atoms with E-state index < -0.39 is 0 Å². The van der Waals surface area contributed by atoms with Crippen LogP contribution in [0, 0.1) is 12.8 Å². The molecule has 2 heterocycles. The summed E-state index contributed by atoms with van der Waals surface area (Å²) >= 11 is 0. The van der Waals surface area contributed by atoms with E-state index in [0.717, 1.165) is 24.2 Å². The highest BCUT2D eigenvalue weighted by Gasteiger charge is 2.24. The monoisotopic (exact) mass is 437 g/mol. The van der Waals surface area contributed by atoms with Gasteiger partial charge in [0.25, 0.3) is 11.8 Å². The molecule has 2 aromatic heterocycles. The predicted molar refractivity (Wildman–Crippen MR) is 126 cm³/mol. The van der Waals surface area contributed by atoms with E-state index in [1.165, 1.54) is 12.8 Å². The van der Waals surface area contributed by atoms with Crippen molar-refractivity contribution in [2.75, 3.05) is 6.54 Å². The fourth-order valence-corrected chi connectivity index (χ4v) is 3.68. The molecule has 1 atom stereocenters. The fraction of sp³-hybridized carbons (Fsp3) is 0.520. The maximum Gasteiger partial charge on any atom is 0.268 e. The van der Waals surface area contributed by atoms with Crippen molar-refractivity contribution >= 4 is 5.91 Å². The summed E-state index contributed by atoms with van der Waals surface area (Å²) in [5.74, 6) is 1.34. The van der Waals surface area contributed by atoms with E-state index in [9.17, 15) is 4.79 Å². The molecule has 1 N–H and O–H groups in total. The van der Waals surface area contributed by atoms with Gasteiger partial charge in [0.15, 0.2) is 0 Å². The molecule has 0 aliphatic rings. The third kappa shape index (κ3) is 5.64. The van der Waals surface area contributed by atoms with Crippen LogP contribution in [0.2, 0.25) is 0 Å². The zero-order valence-corrected chi connectivity index (χ0v) is 20.1. The summed E-state index contributed by atoms with van der Waals surface area (Å²) in [5, 5.41) is 15.9. The van der Waals surface area contributed by atoms with E-state index in [4.69, 9.17) is 9.52 Å². The van der Waals surface area contributed by atoms with Crippen LogP contribution in [0.5, 0.6) is 0 Å². The summed E-state index contributed by atoms with van der Waals surface area (Å²) in [7, 11) is 0. The van der Waals surface area contributed by atoms with Crippen molar-refractivity contribution in [3.8, 4) is 17.3 Å². The summed E-state index contributed by atoms with van der Waals surface area (Å²) in [5.41, 5.74) is 2.88. The number of nitrogens with zero attached hydrogens (tertiary/aromatic N) is 4. The van der Waals surface area contributed by atoms with Gasteiger partial charge in [-0.25, -0.2) is 4.68 Å². The van der Waals surface area contributed by atoms with E-state index in [0.29, 0.717) is 35.5 Å². The van der Waals surface area contributed by atoms with Gasteiger partial charge in [0.2, 0.25) is 5.89 Å². The van der Waals surface area contributed by atoms with E-state index >= 15 is 0 Å². The van der Waals surface area contributed by atoms with Crippen LogP contribution in [0.25, 0.3) is 17.3 Å². The molecule has 32 heavy (non-hydrogen) atoms. The molecule has 3 aromatic rings. The quantitative estimate of drug-likeness (QED) is 0.479. The highest BCUT2D eigenvalue weighted by molar-refractivity contribution is 5.94. The zero-order chi connectivity index (χ0) is 23.3. The fourth-order valence-electron chi connectivity index (χ4n) is 3.68. The number of benzene rings is 1. The molecule has 0 aliphatic carbocycles. The number of aryl methyl sites for hydroxylation is 1. The van der Waals surface area contributed by atoms with Crippen LogP contribution < -0.4 is 5.32 Å². The standard InChI is InChI=1S/C25H35N5O2/c1-7-9-11-18(8-2)16-26-23(31)19-12-10-13-20(14-19)30-22(25(4,5)6)15-21(29-30)24-28-27-17(3)32-24/h10,12-15,18H,7-9,11,16H2,1-6H3,(H,26,31)/t18-/m1/s1. The maximum atomic E-state index is 12.9. The van der Waals surface area contributed by atoms with Gasteiger partial charge in [-0.1, -0.05) is 59.9 Å². The highest BCUT2D eigenvalue weighted by Crippen LogP contribution is 2.29. The summed E-state index contributed by atoms with van der Waals surface area (Å²) in [6, 6.07) is 9.54. The van der Waals surface area contributed by atoms with Crippen LogP contribution in [-0.2, 0) is 5.41 Å². The lowest BCUT2D eigenvalue weighted by molar-refractivity contribution is 0.0945. The average Bonchev–Trinajstić information content (AvgIpc) is 3.40. The minimum atomic E-state index is -0.174. The molecule has 172 valence electrons. The lowest BCUT2D eigenvalue weighted by Gasteiger charge is -2.20. The van der Waals surface area contributed by atoms with E-state index in [1.54, 1.807) is 6.92 Å². The molecule has 0 aliphatic heterocycles.